The molecule has 0 saturated carbocycles. The van der Waals surface area contributed by atoms with Gasteiger partial charge in [0.1, 0.15) is 16.5 Å². The Kier molecular flexibility index (Phi) is 4.07. The number of hydrogen-bond donors (Lipinski definition) is 3. The molecule has 2 aromatic rings. The normalized spacial score (nSPS) is 11.2. The molecule has 2 rings (SSSR count). The Morgan fingerprint density at radius 2 is 2.00 bits per heavy atom. The van der Waals surface area contributed by atoms with Crippen LogP contribution in [0.4, 0.5) is 15.9 Å². The molecule has 0 aliphatic rings. The third-order valence-corrected chi connectivity index (χ3v) is 3.89. The van der Waals surface area contributed by atoms with Crippen LogP contribution in [0.25, 0.3) is 0 Å². The first kappa shape index (κ1) is 14.5. The number of benzene rings is 1. The number of pyridine rings is 1. The number of anilines is 2. The molecule has 9 heteroatoms. The minimum absolute atomic E-state index is 0.0241. The first-order chi connectivity index (χ1) is 9.40. The first-order valence-electron chi connectivity index (χ1n) is 5.32. The van der Waals surface area contributed by atoms with E-state index in [1.807, 2.05) is 0 Å². The highest BCUT2D eigenvalue weighted by atomic mass is 35.5. The molecule has 0 atom stereocenters. The fourth-order valence-electron chi connectivity index (χ4n) is 1.45. The van der Waals surface area contributed by atoms with Gasteiger partial charge in [-0.25, -0.2) is 23.6 Å². The zero-order valence-electron chi connectivity index (χ0n) is 9.97. The quantitative estimate of drug-likeness (QED) is 0.592. The molecule has 1 aromatic carbocycles. The molecular weight excluding hydrogens is 307 g/mol. The standard InChI is InChI=1S/C11H10ClFN4O2S/c12-7-3-8(13)5-9(4-7)17-20(18,19)10-1-2-11(16-14)15-6-10/h1-6,17H,14H2,(H,15,16). The maximum Gasteiger partial charge on any atom is 0.263 e. The van der Waals surface area contributed by atoms with Gasteiger partial charge in [-0.05, 0) is 30.3 Å². The van der Waals surface area contributed by atoms with Crippen LogP contribution in [0.3, 0.4) is 0 Å². The number of hydrazine groups is 1. The molecule has 0 spiro atoms. The van der Waals surface area contributed by atoms with E-state index in [2.05, 4.69) is 15.1 Å². The predicted molar refractivity (Wildman–Crippen MR) is 74.3 cm³/mol. The number of nitrogen functional groups attached to an aromatic ring is 1. The molecule has 0 saturated heterocycles. The van der Waals surface area contributed by atoms with Crippen LogP contribution in [-0.2, 0) is 10.0 Å². The van der Waals surface area contributed by atoms with Gasteiger partial charge in [-0.15, -0.1) is 0 Å². The number of nitrogens with two attached hydrogens (primary N) is 1. The van der Waals surface area contributed by atoms with Gasteiger partial charge in [0.05, 0.1) is 5.69 Å². The van der Waals surface area contributed by atoms with Crippen LogP contribution in [0.5, 0.6) is 0 Å². The van der Waals surface area contributed by atoms with Crippen LogP contribution in [0, 0.1) is 5.82 Å². The number of aromatic nitrogens is 1. The monoisotopic (exact) mass is 316 g/mol. The highest BCUT2D eigenvalue weighted by Crippen LogP contribution is 2.21. The SMILES string of the molecule is NNc1ccc(S(=O)(=O)Nc2cc(F)cc(Cl)c2)cn1. The molecule has 1 heterocycles. The van der Waals surface area contributed by atoms with E-state index in [9.17, 15) is 12.8 Å². The van der Waals surface area contributed by atoms with Gasteiger partial charge in [0.25, 0.3) is 10.0 Å². The lowest BCUT2D eigenvalue weighted by atomic mass is 10.3. The Morgan fingerprint density at radius 3 is 2.55 bits per heavy atom. The van der Waals surface area contributed by atoms with Crippen molar-refractivity contribution in [2.75, 3.05) is 10.1 Å². The Bertz CT molecular complexity index is 701. The van der Waals surface area contributed by atoms with Gasteiger partial charge in [-0.1, -0.05) is 11.6 Å². The summed E-state index contributed by atoms with van der Waals surface area (Å²) in [4.78, 5) is 3.70. The topological polar surface area (TPSA) is 97.1 Å². The van der Waals surface area contributed by atoms with Crippen molar-refractivity contribution in [2.24, 2.45) is 5.84 Å². The Balaban J connectivity index is 2.30. The van der Waals surface area contributed by atoms with E-state index in [0.717, 1.165) is 18.3 Å². The van der Waals surface area contributed by atoms with E-state index >= 15 is 0 Å². The molecule has 0 aliphatic heterocycles. The maximum atomic E-state index is 13.2. The molecule has 1 aromatic heterocycles. The van der Waals surface area contributed by atoms with Crippen molar-refractivity contribution in [3.63, 3.8) is 0 Å². The molecule has 4 N–H and O–H groups in total. The second-order valence-corrected chi connectivity index (χ2v) is 5.91. The average molecular weight is 317 g/mol. The Labute approximate surface area is 119 Å². The smallest absolute Gasteiger partial charge is 0.263 e. The number of nitrogens with one attached hydrogen (secondary N) is 2. The fraction of sp³-hybridized carbons (Fsp3) is 0. The lowest BCUT2D eigenvalue weighted by molar-refractivity contribution is 0.600. The summed E-state index contributed by atoms with van der Waals surface area (Å²) in [5.41, 5.74) is 2.30. The minimum Gasteiger partial charge on any atom is -0.308 e. The van der Waals surface area contributed by atoms with Crippen molar-refractivity contribution in [1.29, 1.82) is 0 Å². The largest absolute Gasteiger partial charge is 0.308 e. The van der Waals surface area contributed by atoms with Gasteiger partial charge in [0.2, 0.25) is 0 Å². The predicted octanol–water partition coefficient (Wildman–Crippen LogP) is 1.96. The number of nitrogens with zero attached hydrogens (tertiary/aromatic N) is 1. The summed E-state index contributed by atoms with van der Waals surface area (Å²) in [5.74, 6) is 4.81. The highest BCUT2D eigenvalue weighted by molar-refractivity contribution is 7.92. The fourth-order valence-corrected chi connectivity index (χ4v) is 2.66. The van der Waals surface area contributed by atoms with Crippen LogP contribution >= 0.6 is 11.6 Å². The van der Waals surface area contributed by atoms with E-state index in [1.165, 1.54) is 18.2 Å². The van der Waals surface area contributed by atoms with Crippen molar-refractivity contribution in [3.8, 4) is 0 Å². The molecule has 0 bridgehead atoms. The number of rotatable bonds is 4. The van der Waals surface area contributed by atoms with Crippen molar-refractivity contribution in [3.05, 3.63) is 47.4 Å². The van der Waals surface area contributed by atoms with Crippen LogP contribution in [0.15, 0.2) is 41.4 Å². The zero-order valence-corrected chi connectivity index (χ0v) is 11.5. The lowest BCUT2D eigenvalue weighted by Crippen LogP contribution is -2.14. The molecule has 106 valence electrons. The van der Waals surface area contributed by atoms with Gasteiger partial charge in [-0.2, -0.15) is 0 Å². The molecule has 0 amide bonds. The molecule has 0 radical (unpaired) electrons. The number of hydrogen-bond acceptors (Lipinski definition) is 5. The zero-order chi connectivity index (χ0) is 14.8. The van der Waals surface area contributed by atoms with Gasteiger partial charge < -0.3 is 5.43 Å². The van der Waals surface area contributed by atoms with Crippen molar-refractivity contribution in [1.82, 2.24) is 4.98 Å². The van der Waals surface area contributed by atoms with E-state index in [-0.39, 0.29) is 15.6 Å². The second-order valence-electron chi connectivity index (χ2n) is 3.79. The lowest BCUT2D eigenvalue weighted by Gasteiger charge is -2.08. The van der Waals surface area contributed by atoms with Crippen molar-refractivity contribution in [2.45, 2.75) is 4.90 Å². The summed E-state index contributed by atoms with van der Waals surface area (Å²) in [6.07, 6.45) is 1.12. The van der Waals surface area contributed by atoms with Crippen LogP contribution in [0.1, 0.15) is 0 Å². The van der Waals surface area contributed by atoms with Gasteiger partial charge in [-0.3, -0.25) is 4.72 Å². The summed E-state index contributed by atoms with van der Waals surface area (Å²) >= 11 is 5.66. The Morgan fingerprint density at radius 1 is 1.25 bits per heavy atom. The van der Waals surface area contributed by atoms with Crippen LogP contribution < -0.4 is 16.0 Å². The molecule has 6 nitrogen and oxygen atoms in total. The van der Waals surface area contributed by atoms with Gasteiger partial charge >= 0.3 is 0 Å². The summed E-state index contributed by atoms with van der Waals surface area (Å²) in [5, 5.41) is 0.0866. The van der Waals surface area contributed by atoms with E-state index in [4.69, 9.17) is 17.4 Å². The van der Waals surface area contributed by atoms with Gasteiger partial charge in [0, 0.05) is 11.2 Å². The summed E-state index contributed by atoms with van der Waals surface area (Å²) < 4.78 is 39.5. The molecular formula is C11H10ClFN4O2S. The van der Waals surface area contributed by atoms with Crippen LogP contribution in [-0.4, -0.2) is 13.4 Å². The second kappa shape index (κ2) is 5.61. The third kappa shape index (κ3) is 3.35. The van der Waals surface area contributed by atoms with Crippen molar-refractivity contribution >= 4 is 33.1 Å². The highest BCUT2D eigenvalue weighted by Gasteiger charge is 2.15. The molecule has 0 unspecified atom stereocenters. The number of sulfonamides is 1. The van der Waals surface area contributed by atoms with E-state index in [0.29, 0.717) is 5.82 Å². The molecule has 20 heavy (non-hydrogen) atoms. The molecule has 0 aliphatic carbocycles. The third-order valence-electron chi connectivity index (χ3n) is 2.31. The molecule has 0 fully saturated rings. The Hall–Kier alpha value is -1.90. The van der Waals surface area contributed by atoms with Crippen LogP contribution in [0.2, 0.25) is 5.02 Å². The van der Waals surface area contributed by atoms with Crippen molar-refractivity contribution < 1.29 is 12.8 Å². The average Bonchev–Trinajstić information content (AvgIpc) is 2.37. The van der Waals surface area contributed by atoms with Gasteiger partial charge in [0.15, 0.2) is 0 Å². The minimum atomic E-state index is -3.88. The van der Waals surface area contributed by atoms with E-state index < -0.39 is 15.8 Å². The first-order valence-corrected chi connectivity index (χ1v) is 7.18. The number of halogens is 2. The summed E-state index contributed by atoms with van der Waals surface area (Å²) in [6, 6.07) is 6.10. The maximum absolute atomic E-state index is 13.2. The summed E-state index contributed by atoms with van der Waals surface area (Å²) in [6.45, 7) is 0. The van der Waals surface area contributed by atoms with E-state index in [1.54, 1.807) is 0 Å². The summed E-state index contributed by atoms with van der Waals surface area (Å²) in [7, 11) is -3.88.